The van der Waals surface area contributed by atoms with Gasteiger partial charge in [-0.15, -0.1) is 0 Å². The summed E-state index contributed by atoms with van der Waals surface area (Å²) in [5.74, 6) is 0. The quantitative estimate of drug-likeness (QED) is 0.131. The first-order valence-electron chi connectivity index (χ1n) is 31.8. The Morgan fingerprint density at radius 3 is 1.10 bits per heavy atom. The Hall–Kier alpha value is -11.5. The number of halogens is 1. The number of rotatable bonds is 9. The molecule has 0 atom stereocenters. The third-order valence-corrected chi connectivity index (χ3v) is 18.7. The number of nitrogens with zero attached hydrogens (tertiary/aromatic N) is 3. The van der Waals surface area contributed by atoms with Gasteiger partial charge in [-0.3, -0.25) is 0 Å². The Labute approximate surface area is 558 Å². The molecule has 18 rings (SSSR count). The molecule has 94 heavy (non-hydrogen) atoms. The fraction of sp³-hybridized carbons (Fsp3) is 0.0112. The molecule has 0 aliphatic heterocycles. The molecule has 5 heteroatoms. The smallest absolute Gasteiger partial charge is 0.0568 e. The number of hydrogen-bond acceptors (Lipinski definition) is 1. The van der Waals surface area contributed by atoms with Crippen LogP contribution in [-0.2, 0) is 6.42 Å². The molecule has 448 valence electrons. The van der Waals surface area contributed by atoms with E-state index in [1.807, 2.05) is 6.07 Å². The van der Waals surface area contributed by atoms with Gasteiger partial charge in [0.05, 0.1) is 27.8 Å². The minimum absolute atomic E-state index is 0. The van der Waals surface area contributed by atoms with E-state index in [1.165, 1.54) is 126 Å². The SMILES string of the molecule is Brc1cc2c(c3ccccc13)c1c3ccccc3ccc1n2-c1ccccc1.[BH4-].c1ccc(-c2ccc(N(c3ccccc3)c3cc4c(c5ccccc35)c3c5ccccc5ccc3n4-c3ccccc3)cc2)cc1.c1ccc(Cc2ccc(-c3ccccc3)cc2)cc1. The minimum Gasteiger partial charge on any atom is -0.310 e. The molecule has 16 aromatic carbocycles. The van der Waals surface area contributed by atoms with Crippen molar-refractivity contribution in [2.45, 2.75) is 6.42 Å². The normalized spacial score (nSPS) is 11.2. The van der Waals surface area contributed by atoms with E-state index in [4.69, 9.17) is 0 Å². The van der Waals surface area contributed by atoms with E-state index >= 15 is 0 Å². The third-order valence-electron chi connectivity index (χ3n) is 18.1. The second kappa shape index (κ2) is 26.0. The molecule has 0 unspecified atom stereocenters. The maximum absolute atomic E-state index is 3.82. The Balaban J connectivity index is 0.000000129. The summed E-state index contributed by atoms with van der Waals surface area (Å²) in [5, 5.41) is 15.3. The van der Waals surface area contributed by atoms with Gasteiger partial charge in [-0.05, 0) is 150 Å². The fourth-order valence-corrected chi connectivity index (χ4v) is 14.4. The Kier molecular flexibility index (Phi) is 16.3. The summed E-state index contributed by atoms with van der Waals surface area (Å²) in [7, 11) is 0. The van der Waals surface area contributed by atoms with Gasteiger partial charge in [-0.25, -0.2) is 0 Å². The fourth-order valence-electron chi connectivity index (χ4n) is 13.8. The van der Waals surface area contributed by atoms with Crippen LogP contribution in [0.15, 0.2) is 368 Å². The van der Waals surface area contributed by atoms with E-state index in [0.717, 1.165) is 33.6 Å². The molecule has 0 aliphatic carbocycles. The maximum atomic E-state index is 3.82. The average molecular weight is 1270 g/mol. The molecule has 18 aromatic rings. The van der Waals surface area contributed by atoms with Crippen molar-refractivity contribution in [3.8, 4) is 33.6 Å². The summed E-state index contributed by atoms with van der Waals surface area (Å²) in [5.41, 5.74) is 18.2. The van der Waals surface area contributed by atoms with Crippen molar-refractivity contribution in [2.24, 2.45) is 0 Å². The second-order valence-electron chi connectivity index (χ2n) is 23.6. The van der Waals surface area contributed by atoms with Gasteiger partial charge in [0.1, 0.15) is 0 Å². The Morgan fingerprint density at radius 2 is 0.596 bits per heavy atom. The van der Waals surface area contributed by atoms with E-state index in [0.29, 0.717) is 0 Å². The van der Waals surface area contributed by atoms with Gasteiger partial charge in [-0.2, -0.15) is 0 Å². The standard InChI is InChI=1S/C44H30N2.C26H16BrN.C19H16.BH4/c1-4-14-31(15-5-1)32-24-27-36(28-25-32)45(34-17-6-2-7-18-34)41-30-42-44(39-23-13-12-22-38(39)41)43-37-21-11-10-16-33(37)26-29-40(43)46(42)35-19-8-3-9-20-35;27-22-16-24-26(21-13-7-6-12-20(21)22)25-19-11-5-4-8-17(19)14-15-23(25)28(24)18-9-2-1-3-10-18;1-3-7-16(8-4-1)15-17-11-13-19(14-12-17)18-9-5-2-6-10-18;/h1-30H;1-16H;1-14H,15H2;1H4/q;;;-1. The molecule has 0 aliphatic rings. The summed E-state index contributed by atoms with van der Waals surface area (Å²) in [4.78, 5) is 2.40. The molecule has 0 radical (unpaired) electrons. The van der Waals surface area contributed by atoms with Crippen LogP contribution in [0.3, 0.4) is 0 Å². The van der Waals surface area contributed by atoms with Crippen molar-refractivity contribution >= 4 is 128 Å². The van der Waals surface area contributed by atoms with Gasteiger partial charge in [0, 0.05) is 54.2 Å². The van der Waals surface area contributed by atoms with Crippen LogP contribution in [0, 0.1) is 0 Å². The van der Waals surface area contributed by atoms with E-state index in [2.05, 4.69) is 388 Å². The highest BCUT2D eigenvalue weighted by Gasteiger charge is 2.24. The number of fused-ring (bicyclic) bond motifs is 14. The topological polar surface area (TPSA) is 13.1 Å². The molecule has 0 fully saturated rings. The van der Waals surface area contributed by atoms with Gasteiger partial charge in [0.2, 0.25) is 0 Å². The highest BCUT2D eigenvalue weighted by atomic mass is 79.9. The lowest BCUT2D eigenvalue weighted by atomic mass is 9.98. The first kappa shape index (κ1) is 58.9. The van der Waals surface area contributed by atoms with Gasteiger partial charge < -0.3 is 14.0 Å². The van der Waals surface area contributed by atoms with Crippen molar-refractivity contribution in [1.29, 1.82) is 0 Å². The molecule has 2 aromatic heterocycles. The van der Waals surface area contributed by atoms with Crippen LogP contribution in [0.1, 0.15) is 11.1 Å². The van der Waals surface area contributed by atoms with Crippen molar-refractivity contribution in [2.75, 3.05) is 4.90 Å². The van der Waals surface area contributed by atoms with E-state index in [1.54, 1.807) is 0 Å². The predicted octanol–water partition coefficient (Wildman–Crippen LogP) is 23.6. The zero-order chi connectivity index (χ0) is 62.0. The third kappa shape index (κ3) is 11.1. The van der Waals surface area contributed by atoms with Crippen molar-refractivity contribution in [1.82, 2.24) is 9.13 Å². The Bertz CT molecular complexity index is 5680. The highest BCUT2D eigenvalue weighted by Crippen LogP contribution is 2.48. The molecule has 0 saturated heterocycles. The molecule has 0 amide bonds. The van der Waals surface area contributed by atoms with Crippen LogP contribution < -0.4 is 4.90 Å². The van der Waals surface area contributed by atoms with Gasteiger partial charge >= 0.3 is 0 Å². The zero-order valence-corrected chi connectivity index (χ0v) is 52.7. The summed E-state index contributed by atoms with van der Waals surface area (Å²) in [6.45, 7) is 0. The minimum atomic E-state index is 0. The number of para-hydroxylation sites is 3. The number of anilines is 3. The van der Waals surface area contributed by atoms with Crippen molar-refractivity contribution < 1.29 is 0 Å². The first-order valence-corrected chi connectivity index (χ1v) is 32.6. The van der Waals surface area contributed by atoms with Crippen LogP contribution in [-0.4, -0.2) is 17.5 Å². The maximum Gasteiger partial charge on any atom is 0.0568 e. The van der Waals surface area contributed by atoms with E-state index in [9.17, 15) is 0 Å². The van der Waals surface area contributed by atoms with Crippen molar-refractivity contribution in [3.63, 3.8) is 0 Å². The van der Waals surface area contributed by atoms with Gasteiger partial charge in [0.15, 0.2) is 0 Å². The van der Waals surface area contributed by atoms with Crippen LogP contribution in [0.25, 0.3) is 120 Å². The molecule has 0 saturated carbocycles. The Morgan fingerprint density at radius 1 is 0.255 bits per heavy atom. The second-order valence-corrected chi connectivity index (χ2v) is 24.5. The molecule has 0 spiro atoms. The zero-order valence-electron chi connectivity index (χ0n) is 51.1. The molecule has 3 nitrogen and oxygen atoms in total. The van der Waals surface area contributed by atoms with E-state index < -0.39 is 0 Å². The molecule has 2 heterocycles. The van der Waals surface area contributed by atoms with Gasteiger partial charge in [-0.1, -0.05) is 316 Å². The van der Waals surface area contributed by atoms with E-state index in [-0.39, 0.29) is 8.41 Å². The summed E-state index contributed by atoms with van der Waals surface area (Å²) in [6, 6.07) is 130. The molecule has 0 bridgehead atoms. The highest BCUT2D eigenvalue weighted by molar-refractivity contribution is 9.10. The molecule has 0 N–H and O–H groups in total. The number of aromatic nitrogens is 2. The lowest BCUT2D eigenvalue weighted by molar-refractivity contribution is 1.18. The number of hydrogen-bond donors (Lipinski definition) is 0. The lowest BCUT2D eigenvalue weighted by Crippen LogP contribution is -2.10. The van der Waals surface area contributed by atoms with Crippen molar-refractivity contribution in [3.05, 3.63) is 380 Å². The largest absolute Gasteiger partial charge is 0.310 e. The summed E-state index contributed by atoms with van der Waals surface area (Å²) in [6.07, 6.45) is 0.996. The van der Waals surface area contributed by atoms with Crippen LogP contribution >= 0.6 is 15.9 Å². The summed E-state index contributed by atoms with van der Waals surface area (Å²) >= 11 is 3.82. The number of benzene rings is 16. The first-order chi connectivity index (χ1) is 46.1. The predicted molar refractivity (Wildman–Crippen MR) is 412 cm³/mol. The van der Waals surface area contributed by atoms with Gasteiger partial charge in [0.25, 0.3) is 0 Å². The average Bonchev–Trinajstić information content (AvgIpc) is 1.55. The molecular weight excluding hydrogens is 1200 g/mol. The van der Waals surface area contributed by atoms with Crippen LogP contribution in [0.4, 0.5) is 17.1 Å². The summed E-state index contributed by atoms with van der Waals surface area (Å²) < 4.78 is 5.95. The lowest BCUT2D eigenvalue weighted by Gasteiger charge is -2.27. The van der Waals surface area contributed by atoms with Crippen LogP contribution in [0.5, 0.6) is 0 Å². The molecular formula is C89H66BBrN3-. The van der Waals surface area contributed by atoms with Crippen LogP contribution in [0.2, 0.25) is 0 Å². The monoisotopic (exact) mass is 1270 g/mol.